The predicted molar refractivity (Wildman–Crippen MR) is 88.3 cm³/mol. The van der Waals surface area contributed by atoms with Crippen molar-refractivity contribution in [3.63, 3.8) is 0 Å². The maximum atomic E-state index is 12.7. The van der Waals surface area contributed by atoms with E-state index in [9.17, 15) is 8.42 Å². The van der Waals surface area contributed by atoms with Crippen molar-refractivity contribution in [1.82, 2.24) is 4.31 Å². The van der Waals surface area contributed by atoms with Gasteiger partial charge in [0.15, 0.2) is 0 Å². The van der Waals surface area contributed by atoms with Gasteiger partial charge in [0.25, 0.3) is 10.0 Å². The minimum atomic E-state index is -3.47. The van der Waals surface area contributed by atoms with E-state index in [4.69, 9.17) is 11.6 Å². The van der Waals surface area contributed by atoms with Crippen LogP contribution >= 0.6 is 22.9 Å². The van der Waals surface area contributed by atoms with Gasteiger partial charge in [0.2, 0.25) is 0 Å². The van der Waals surface area contributed by atoms with Crippen LogP contribution in [-0.4, -0.2) is 19.3 Å². The Morgan fingerprint density at radius 2 is 1.90 bits per heavy atom. The zero-order valence-corrected chi connectivity index (χ0v) is 14.4. The van der Waals surface area contributed by atoms with E-state index in [1.807, 2.05) is 44.2 Å². The normalized spacial score (nSPS) is 12.0. The van der Waals surface area contributed by atoms with Crippen molar-refractivity contribution in [3.05, 3.63) is 52.4 Å². The number of sulfonamides is 1. The smallest absolute Gasteiger partial charge is 0.206 e. The van der Waals surface area contributed by atoms with E-state index in [0.717, 1.165) is 16.0 Å². The summed E-state index contributed by atoms with van der Waals surface area (Å²) in [5.74, 6) is 0.344. The summed E-state index contributed by atoms with van der Waals surface area (Å²) in [5.41, 5.74) is 1.91. The second-order valence-corrected chi connectivity index (χ2v) is 8.29. The van der Waals surface area contributed by atoms with Crippen LogP contribution < -0.4 is 0 Å². The maximum Gasteiger partial charge on any atom is 0.252 e. The molecule has 0 saturated carbocycles. The number of aryl methyl sites for hydroxylation is 1. The first kappa shape index (κ1) is 16.5. The molecule has 0 spiro atoms. The van der Waals surface area contributed by atoms with Crippen LogP contribution in [0.1, 0.15) is 22.9 Å². The van der Waals surface area contributed by atoms with Crippen molar-refractivity contribution in [3.8, 4) is 0 Å². The van der Waals surface area contributed by atoms with Crippen LogP contribution in [0.15, 0.2) is 40.6 Å². The van der Waals surface area contributed by atoms with Gasteiger partial charge < -0.3 is 0 Å². The molecule has 0 N–H and O–H groups in total. The molecule has 0 aliphatic heterocycles. The van der Waals surface area contributed by atoms with Gasteiger partial charge in [0.05, 0.1) is 5.88 Å². The Kier molecular flexibility index (Phi) is 5.43. The molecule has 1 aromatic heterocycles. The molecular weight excluding hydrogens is 326 g/mol. The summed E-state index contributed by atoms with van der Waals surface area (Å²) in [4.78, 5) is 0.908. The number of benzene rings is 1. The van der Waals surface area contributed by atoms with Crippen LogP contribution in [-0.2, 0) is 22.4 Å². The molecule has 114 valence electrons. The summed E-state index contributed by atoms with van der Waals surface area (Å²) in [6, 6.07) is 11.3. The van der Waals surface area contributed by atoms with Crippen molar-refractivity contribution in [2.75, 3.05) is 6.54 Å². The number of nitrogens with zero attached hydrogens (tertiary/aromatic N) is 1. The Morgan fingerprint density at radius 1 is 1.24 bits per heavy atom. The fourth-order valence-corrected chi connectivity index (χ4v) is 5.44. The second kappa shape index (κ2) is 6.92. The fraction of sp³-hybridized carbons (Fsp3) is 0.333. The highest BCUT2D eigenvalue weighted by atomic mass is 35.5. The summed E-state index contributed by atoms with van der Waals surface area (Å²) >= 11 is 7.10. The molecule has 2 aromatic rings. The molecule has 0 radical (unpaired) electrons. The molecule has 1 heterocycles. The van der Waals surface area contributed by atoms with Gasteiger partial charge in [-0.3, -0.25) is 0 Å². The van der Waals surface area contributed by atoms with Gasteiger partial charge in [-0.1, -0.05) is 37.3 Å². The van der Waals surface area contributed by atoms with E-state index in [1.54, 1.807) is 6.07 Å². The van der Waals surface area contributed by atoms with Gasteiger partial charge in [-0.15, -0.1) is 22.9 Å². The summed E-state index contributed by atoms with van der Waals surface area (Å²) in [7, 11) is -3.47. The standard InChI is InChI=1S/C15H18ClNO2S2/c1-3-17(11-13-7-5-4-6-8-13)21(18,19)15-9-12(2)14(10-16)20-15/h4-9H,3,10-11H2,1-2H3. The summed E-state index contributed by atoms with van der Waals surface area (Å²) in [6.07, 6.45) is 0. The van der Waals surface area contributed by atoms with Crippen LogP contribution in [0.5, 0.6) is 0 Å². The van der Waals surface area contributed by atoms with Crippen LogP contribution in [0.3, 0.4) is 0 Å². The molecule has 0 atom stereocenters. The summed E-state index contributed by atoms with van der Waals surface area (Å²) < 4.78 is 27.3. The number of halogens is 1. The lowest BCUT2D eigenvalue weighted by Gasteiger charge is -2.19. The summed E-state index contributed by atoms with van der Waals surface area (Å²) in [6.45, 7) is 4.56. The maximum absolute atomic E-state index is 12.7. The molecule has 6 heteroatoms. The first-order chi connectivity index (χ1) is 9.98. The Balaban J connectivity index is 2.31. The van der Waals surface area contributed by atoms with E-state index in [2.05, 4.69) is 0 Å². The largest absolute Gasteiger partial charge is 0.252 e. The number of thiophene rings is 1. The highest BCUT2D eigenvalue weighted by Crippen LogP contribution is 2.30. The third-order valence-electron chi connectivity index (χ3n) is 3.27. The van der Waals surface area contributed by atoms with Crippen LogP contribution in [0.4, 0.5) is 0 Å². The third kappa shape index (κ3) is 3.66. The molecular formula is C15H18ClNO2S2. The molecule has 0 fully saturated rings. The van der Waals surface area contributed by atoms with E-state index in [0.29, 0.717) is 23.2 Å². The number of alkyl halides is 1. The predicted octanol–water partition coefficient (Wildman–Crippen LogP) is 4.01. The van der Waals surface area contributed by atoms with Crippen molar-refractivity contribution >= 4 is 33.0 Å². The lowest BCUT2D eigenvalue weighted by Crippen LogP contribution is -2.29. The minimum absolute atomic E-state index is 0.344. The Labute approximate surface area is 135 Å². The van der Waals surface area contributed by atoms with Gasteiger partial charge in [-0.05, 0) is 24.1 Å². The van der Waals surface area contributed by atoms with Gasteiger partial charge in [0.1, 0.15) is 4.21 Å². The van der Waals surface area contributed by atoms with Crippen molar-refractivity contribution < 1.29 is 8.42 Å². The van der Waals surface area contributed by atoms with Gasteiger partial charge in [0, 0.05) is 18.0 Å². The first-order valence-corrected chi connectivity index (χ1v) is 9.47. The molecule has 0 saturated heterocycles. The van der Waals surface area contributed by atoms with Crippen molar-refractivity contribution in [2.24, 2.45) is 0 Å². The van der Waals surface area contributed by atoms with E-state index in [-0.39, 0.29) is 0 Å². The van der Waals surface area contributed by atoms with E-state index in [1.165, 1.54) is 15.6 Å². The first-order valence-electron chi connectivity index (χ1n) is 6.68. The van der Waals surface area contributed by atoms with E-state index < -0.39 is 10.0 Å². The van der Waals surface area contributed by atoms with E-state index >= 15 is 0 Å². The summed E-state index contributed by atoms with van der Waals surface area (Å²) in [5, 5.41) is 0. The lowest BCUT2D eigenvalue weighted by molar-refractivity contribution is 0.425. The molecule has 0 amide bonds. The third-order valence-corrected chi connectivity index (χ3v) is 7.30. The molecule has 0 aliphatic carbocycles. The van der Waals surface area contributed by atoms with Crippen LogP contribution in [0, 0.1) is 6.92 Å². The Hall–Kier alpha value is -0.880. The topological polar surface area (TPSA) is 37.4 Å². The molecule has 21 heavy (non-hydrogen) atoms. The molecule has 1 aromatic carbocycles. The zero-order valence-electron chi connectivity index (χ0n) is 12.0. The van der Waals surface area contributed by atoms with Gasteiger partial charge in [-0.2, -0.15) is 4.31 Å². The Bertz CT molecular complexity index is 696. The number of rotatable bonds is 6. The Morgan fingerprint density at radius 3 is 2.43 bits per heavy atom. The second-order valence-electron chi connectivity index (χ2n) is 4.72. The lowest BCUT2D eigenvalue weighted by atomic mass is 10.2. The molecule has 3 nitrogen and oxygen atoms in total. The molecule has 0 unspecified atom stereocenters. The highest BCUT2D eigenvalue weighted by Gasteiger charge is 2.25. The van der Waals surface area contributed by atoms with Crippen molar-refractivity contribution in [1.29, 1.82) is 0 Å². The fourth-order valence-electron chi connectivity index (χ4n) is 2.03. The quantitative estimate of drug-likeness (QED) is 0.743. The average molecular weight is 344 g/mol. The van der Waals surface area contributed by atoms with Crippen LogP contribution in [0.2, 0.25) is 0 Å². The average Bonchev–Trinajstić information content (AvgIpc) is 2.87. The van der Waals surface area contributed by atoms with Crippen molar-refractivity contribution in [2.45, 2.75) is 30.5 Å². The molecule has 0 aliphatic rings. The number of hydrogen-bond acceptors (Lipinski definition) is 3. The van der Waals surface area contributed by atoms with Crippen LogP contribution in [0.25, 0.3) is 0 Å². The SMILES string of the molecule is CCN(Cc1ccccc1)S(=O)(=O)c1cc(C)c(CCl)s1. The van der Waals surface area contributed by atoms with Gasteiger partial charge in [-0.25, -0.2) is 8.42 Å². The molecule has 2 rings (SSSR count). The number of hydrogen-bond donors (Lipinski definition) is 0. The van der Waals surface area contributed by atoms with Gasteiger partial charge >= 0.3 is 0 Å². The minimum Gasteiger partial charge on any atom is -0.206 e. The zero-order chi connectivity index (χ0) is 15.5. The highest BCUT2D eigenvalue weighted by molar-refractivity contribution is 7.91. The molecule has 0 bridgehead atoms. The monoisotopic (exact) mass is 343 g/mol.